The van der Waals surface area contributed by atoms with Gasteiger partial charge in [-0.15, -0.1) is 0 Å². The first-order chi connectivity index (χ1) is 15.2. The molecule has 2 aliphatic rings. The van der Waals surface area contributed by atoms with Gasteiger partial charge in [-0.1, -0.05) is 48.5 Å². The molecule has 0 aromatic heterocycles. The summed E-state index contributed by atoms with van der Waals surface area (Å²) in [6.07, 6.45) is 3.13. The maximum atomic E-state index is 5.31. The van der Waals surface area contributed by atoms with Crippen molar-refractivity contribution >= 4 is 11.5 Å². The number of fused-ring (bicyclic) bond motifs is 1. The van der Waals surface area contributed by atoms with Crippen LogP contribution in [0.5, 0.6) is 5.75 Å². The van der Waals surface area contributed by atoms with Gasteiger partial charge in [0.25, 0.3) is 0 Å². The van der Waals surface area contributed by atoms with Crippen molar-refractivity contribution < 1.29 is 4.74 Å². The lowest BCUT2D eigenvalue weighted by molar-refractivity contribution is 0.414. The van der Waals surface area contributed by atoms with Crippen LogP contribution in [0.3, 0.4) is 0 Å². The third-order valence-corrected chi connectivity index (χ3v) is 5.14. The average molecular weight is 406 g/mol. The summed E-state index contributed by atoms with van der Waals surface area (Å²) in [4.78, 5) is 16.1. The van der Waals surface area contributed by atoms with Gasteiger partial charge in [-0.25, -0.2) is 15.0 Å². The maximum absolute atomic E-state index is 5.31. The van der Waals surface area contributed by atoms with Gasteiger partial charge in [-0.05, 0) is 36.4 Å². The quantitative estimate of drug-likeness (QED) is 0.411. The standard InChI is InChI=1S/C25H20N5O/c1-29(19-11-7-4-8-12-19)25-22-24(28-23(27-22)18-9-5-3-6-10-18)26-17-30(25)20-13-15-21(31-2)16-14-20/h3-16H,1-2H3. The number of methoxy groups -OCH3 is 1. The Morgan fingerprint density at radius 3 is 2.16 bits per heavy atom. The summed E-state index contributed by atoms with van der Waals surface area (Å²) < 4.78 is 7.21. The zero-order valence-electron chi connectivity index (χ0n) is 17.2. The predicted molar refractivity (Wildman–Crippen MR) is 121 cm³/mol. The topological polar surface area (TPSA) is 56.1 Å². The van der Waals surface area contributed by atoms with Crippen LogP contribution >= 0.6 is 0 Å². The van der Waals surface area contributed by atoms with E-state index in [0.29, 0.717) is 17.3 Å². The lowest BCUT2D eigenvalue weighted by atomic mass is 10.2. The molecule has 0 saturated carbocycles. The van der Waals surface area contributed by atoms with E-state index >= 15 is 0 Å². The van der Waals surface area contributed by atoms with E-state index in [1.165, 1.54) is 0 Å². The van der Waals surface area contributed by atoms with E-state index in [-0.39, 0.29) is 0 Å². The number of aromatic nitrogens is 4. The first-order valence-electron chi connectivity index (χ1n) is 9.91. The van der Waals surface area contributed by atoms with Crippen LogP contribution in [0.2, 0.25) is 0 Å². The summed E-state index contributed by atoms with van der Waals surface area (Å²) in [6.45, 7) is 0. The van der Waals surface area contributed by atoms with E-state index in [9.17, 15) is 0 Å². The predicted octanol–water partition coefficient (Wildman–Crippen LogP) is 5.01. The fraction of sp³-hybridized carbons (Fsp3) is 0.0800. The molecule has 5 rings (SSSR count). The van der Waals surface area contributed by atoms with Crippen LogP contribution in [0, 0.1) is 6.33 Å². The van der Waals surface area contributed by atoms with Crippen LogP contribution in [-0.4, -0.2) is 33.7 Å². The summed E-state index contributed by atoms with van der Waals surface area (Å²) in [5.74, 6) is 2.82. The van der Waals surface area contributed by atoms with Crippen molar-refractivity contribution in [3.8, 4) is 34.3 Å². The Kier molecular flexibility index (Phi) is 4.80. The molecule has 0 bridgehead atoms. The van der Waals surface area contributed by atoms with Gasteiger partial charge in [0.05, 0.1) is 7.11 Å². The van der Waals surface area contributed by atoms with Gasteiger partial charge in [0, 0.05) is 24.0 Å². The zero-order chi connectivity index (χ0) is 21.2. The van der Waals surface area contributed by atoms with Crippen molar-refractivity contribution in [2.75, 3.05) is 19.1 Å². The van der Waals surface area contributed by atoms with Crippen molar-refractivity contribution in [1.82, 2.24) is 19.5 Å². The molecule has 3 aromatic carbocycles. The molecule has 0 aliphatic carbocycles. The van der Waals surface area contributed by atoms with E-state index < -0.39 is 0 Å². The summed E-state index contributed by atoms with van der Waals surface area (Å²) in [5, 5.41) is 0. The van der Waals surface area contributed by atoms with Crippen LogP contribution in [-0.2, 0) is 0 Å². The summed E-state index contributed by atoms with van der Waals surface area (Å²) in [5.41, 5.74) is 3.58. The van der Waals surface area contributed by atoms with E-state index in [4.69, 9.17) is 9.72 Å². The molecule has 0 atom stereocenters. The second kappa shape index (κ2) is 7.91. The molecule has 2 heterocycles. The number of hydrogen-bond donors (Lipinski definition) is 0. The Labute approximate surface area is 180 Å². The Bertz CT molecular complexity index is 1270. The minimum Gasteiger partial charge on any atom is -0.497 e. The highest BCUT2D eigenvalue weighted by Crippen LogP contribution is 2.36. The Morgan fingerprint density at radius 2 is 1.48 bits per heavy atom. The van der Waals surface area contributed by atoms with E-state index in [0.717, 1.165) is 28.5 Å². The van der Waals surface area contributed by atoms with E-state index in [1.54, 1.807) is 7.11 Å². The summed E-state index contributed by atoms with van der Waals surface area (Å²) in [6, 6.07) is 27.8. The number of para-hydroxylation sites is 1. The molecule has 0 fully saturated rings. The Morgan fingerprint density at radius 1 is 0.806 bits per heavy atom. The highest BCUT2D eigenvalue weighted by atomic mass is 16.5. The fourth-order valence-electron chi connectivity index (χ4n) is 3.52. The average Bonchev–Trinajstić information content (AvgIpc) is 3.29. The van der Waals surface area contributed by atoms with Gasteiger partial charge in [0.1, 0.15) is 11.6 Å². The molecule has 0 unspecified atom stereocenters. The normalized spacial score (nSPS) is 10.9. The lowest BCUT2D eigenvalue weighted by Crippen LogP contribution is -2.18. The van der Waals surface area contributed by atoms with Crippen molar-refractivity contribution in [2.24, 2.45) is 0 Å². The van der Waals surface area contributed by atoms with Crippen LogP contribution < -0.4 is 9.64 Å². The number of imidazole rings is 1. The molecular formula is C25H20N5O. The molecule has 0 spiro atoms. The minimum absolute atomic E-state index is 0.557. The van der Waals surface area contributed by atoms with Crippen molar-refractivity contribution in [1.29, 1.82) is 0 Å². The molecule has 6 heteroatoms. The highest BCUT2D eigenvalue weighted by Gasteiger charge is 2.24. The minimum atomic E-state index is 0.557. The van der Waals surface area contributed by atoms with Gasteiger partial charge >= 0.3 is 0 Å². The number of benzene rings is 3. The summed E-state index contributed by atoms with van der Waals surface area (Å²) in [7, 11) is 3.66. The number of nitrogens with zero attached hydrogens (tertiary/aromatic N) is 5. The number of hydrogen-bond acceptors (Lipinski definition) is 5. The second-order valence-corrected chi connectivity index (χ2v) is 7.05. The SMILES string of the molecule is COc1ccc(-n2[c]nc3nc(-c4ccccc4)nc-3c2N(C)c2ccccc2)cc1. The molecule has 1 radical (unpaired) electrons. The van der Waals surface area contributed by atoms with Gasteiger partial charge in [-0.3, -0.25) is 4.57 Å². The Balaban J connectivity index is 1.72. The largest absolute Gasteiger partial charge is 0.497 e. The molecule has 151 valence electrons. The highest BCUT2D eigenvalue weighted by molar-refractivity contribution is 5.78. The van der Waals surface area contributed by atoms with Crippen molar-refractivity contribution in [3.63, 3.8) is 0 Å². The van der Waals surface area contributed by atoms with E-state index in [1.807, 2.05) is 84.4 Å². The van der Waals surface area contributed by atoms with Gasteiger partial charge in [0.15, 0.2) is 23.7 Å². The third-order valence-electron chi connectivity index (χ3n) is 5.14. The maximum Gasteiger partial charge on any atom is 0.186 e. The van der Waals surface area contributed by atoms with Crippen molar-refractivity contribution in [3.05, 3.63) is 91.3 Å². The van der Waals surface area contributed by atoms with Gasteiger partial charge in [0.2, 0.25) is 0 Å². The second-order valence-electron chi connectivity index (χ2n) is 7.05. The summed E-state index contributed by atoms with van der Waals surface area (Å²) >= 11 is 0. The smallest absolute Gasteiger partial charge is 0.186 e. The first-order valence-corrected chi connectivity index (χ1v) is 9.91. The van der Waals surface area contributed by atoms with Gasteiger partial charge < -0.3 is 9.64 Å². The molecular weight excluding hydrogens is 386 g/mol. The molecule has 6 nitrogen and oxygen atoms in total. The Hall–Kier alpha value is -4.19. The van der Waals surface area contributed by atoms with Crippen molar-refractivity contribution in [2.45, 2.75) is 0 Å². The molecule has 2 aliphatic heterocycles. The lowest BCUT2D eigenvalue weighted by Gasteiger charge is -2.25. The van der Waals surface area contributed by atoms with Crippen LogP contribution in [0.4, 0.5) is 11.5 Å². The van der Waals surface area contributed by atoms with E-state index in [2.05, 4.69) is 33.3 Å². The molecule has 0 saturated heterocycles. The monoisotopic (exact) mass is 406 g/mol. The third kappa shape index (κ3) is 3.48. The molecule has 0 amide bonds. The first kappa shape index (κ1) is 18.8. The molecule has 0 N–H and O–H groups in total. The molecule has 3 aromatic rings. The van der Waals surface area contributed by atoms with Crippen LogP contribution in [0.1, 0.15) is 0 Å². The number of ether oxygens (including phenoxy) is 1. The number of rotatable bonds is 5. The van der Waals surface area contributed by atoms with Crippen LogP contribution in [0.25, 0.3) is 28.6 Å². The molecule has 31 heavy (non-hydrogen) atoms. The zero-order valence-corrected chi connectivity index (χ0v) is 17.2. The van der Waals surface area contributed by atoms with Gasteiger partial charge in [-0.2, -0.15) is 0 Å². The van der Waals surface area contributed by atoms with Crippen LogP contribution in [0.15, 0.2) is 84.9 Å². The number of anilines is 2. The fourth-order valence-corrected chi connectivity index (χ4v) is 3.52.